The molecule has 5 nitrogen and oxygen atoms in total. The van der Waals surface area contributed by atoms with Crippen LogP contribution in [0.1, 0.15) is 5.82 Å². The van der Waals surface area contributed by atoms with Crippen LogP contribution in [-0.4, -0.2) is 32.6 Å². The second kappa shape index (κ2) is 5.05. The molecule has 0 amide bonds. The summed E-state index contributed by atoms with van der Waals surface area (Å²) in [7, 11) is 0. The van der Waals surface area contributed by atoms with Crippen LogP contribution in [0, 0.1) is 18.7 Å². The molecule has 1 saturated heterocycles. The molecule has 0 aliphatic carbocycles. The number of fused-ring (bicyclic) bond motifs is 1. The minimum atomic E-state index is -0.255. The normalized spacial score (nSPS) is 15.3. The average molecular weight is 297 g/mol. The lowest BCUT2D eigenvalue weighted by Gasteiger charge is -2.40. The minimum Gasteiger partial charge on any atom is -0.355 e. The average Bonchev–Trinajstić information content (AvgIpc) is 2.87. The molecule has 112 valence electrons. The zero-order valence-corrected chi connectivity index (χ0v) is 12.3. The number of anilines is 1. The largest absolute Gasteiger partial charge is 0.355 e. The molecular weight excluding hydrogens is 281 g/mol. The Hall–Kier alpha value is -2.50. The summed E-state index contributed by atoms with van der Waals surface area (Å²) in [6, 6.07) is 4.64. The summed E-state index contributed by atoms with van der Waals surface area (Å²) in [5.74, 6) is 2.16. The molecule has 0 spiro atoms. The van der Waals surface area contributed by atoms with Gasteiger partial charge in [0.2, 0.25) is 0 Å². The third-order valence-corrected chi connectivity index (χ3v) is 4.21. The summed E-state index contributed by atoms with van der Waals surface area (Å²) in [5, 5.41) is 0.778. The highest BCUT2D eigenvalue weighted by Gasteiger charge is 2.29. The first-order valence-electron chi connectivity index (χ1n) is 7.33. The monoisotopic (exact) mass is 297 g/mol. The molecule has 3 heterocycles. The highest BCUT2D eigenvalue weighted by atomic mass is 19.1. The van der Waals surface area contributed by atoms with Crippen molar-refractivity contribution < 1.29 is 4.39 Å². The zero-order chi connectivity index (χ0) is 15.1. The van der Waals surface area contributed by atoms with E-state index in [0.717, 1.165) is 42.2 Å². The SMILES string of the molecule is Cc1nccn1CC1CN(c2ncnc3ccc(F)cc23)C1. The predicted octanol–water partition coefficient (Wildman–Crippen LogP) is 2.41. The van der Waals surface area contributed by atoms with Crippen molar-refractivity contribution in [2.45, 2.75) is 13.5 Å². The lowest BCUT2D eigenvalue weighted by atomic mass is 9.99. The number of rotatable bonds is 3. The number of nitrogens with zero attached hydrogens (tertiary/aromatic N) is 5. The molecule has 0 N–H and O–H groups in total. The Bertz CT molecular complexity index is 822. The summed E-state index contributed by atoms with van der Waals surface area (Å²) in [6.07, 6.45) is 5.38. The Morgan fingerprint density at radius 3 is 2.86 bits per heavy atom. The van der Waals surface area contributed by atoms with Gasteiger partial charge in [-0.05, 0) is 25.1 Å². The molecule has 4 rings (SSSR count). The molecule has 0 saturated carbocycles. The molecule has 0 unspecified atom stereocenters. The van der Waals surface area contributed by atoms with Gasteiger partial charge >= 0.3 is 0 Å². The van der Waals surface area contributed by atoms with E-state index in [1.54, 1.807) is 12.4 Å². The summed E-state index contributed by atoms with van der Waals surface area (Å²) < 4.78 is 15.7. The van der Waals surface area contributed by atoms with Gasteiger partial charge in [-0.3, -0.25) is 0 Å². The first-order valence-corrected chi connectivity index (χ1v) is 7.33. The van der Waals surface area contributed by atoms with Crippen LogP contribution in [0.2, 0.25) is 0 Å². The van der Waals surface area contributed by atoms with Gasteiger partial charge in [0.15, 0.2) is 0 Å². The molecule has 1 aromatic carbocycles. The highest BCUT2D eigenvalue weighted by molar-refractivity contribution is 5.89. The lowest BCUT2D eigenvalue weighted by molar-refractivity contribution is 0.353. The number of imidazole rings is 1. The summed E-state index contributed by atoms with van der Waals surface area (Å²) in [6.45, 7) is 4.80. The van der Waals surface area contributed by atoms with Gasteiger partial charge < -0.3 is 9.47 Å². The van der Waals surface area contributed by atoms with Crippen LogP contribution in [0.15, 0.2) is 36.9 Å². The number of benzene rings is 1. The Labute approximate surface area is 127 Å². The molecule has 2 aromatic heterocycles. The smallest absolute Gasteiger partial charge is 0.140 e. The van der Waals surface area contributed by atoms with Crippen molar-refractivity contribution in [1.82, 2.24) is 19.5 Å². The molecule has 1 fully saturated rings. The summed E-state index contributed by atoms with van der Waals surface area (Å²) in [4.78, 5) is 15.0. The topological polar surface area (TPSA) is 46.8 Å². The van der Waals surface area contributed by atoms with Crippen LogP contribution in [0.3, 0.4) is 0 Å². The molecule has 0 radical (unpaired) electrons. The molecule has 0 atom stereocenters. The number of hydrogen-bond donors (Lipinski definition) is 0. The Morgan fingerprint density at radius 1 is 1.23 bits per heavy atom. The van der Waals surface area contributed by atoms with Crippen molar-refractivity contribution in [1.29, 1.82) is 0 Å². The molecule has 0 bridgehead atoms. The molecule has 22 heavy (non-hydrogen) atoms. The van der Waals surface area contributed by atoms with E-state index >= 15 is 0 Å². The Balaban J connectivity index is 1.53. The van der Waals surface area contributed by atoms with Crippen molar-refractivity contribution in [2.24, 2.45) is 5.92 Å². The van der Waals surface area contributed by atoms with E-state index in [1.165, 1.54) is 12.1 Å². The Kier molecular flexibility index (Phi) is 3.03. The number of halogens is 1. The van der Waals surface area contributed by atoms with Gasteiger partial charge in [0.1, 0.15) is 23.8 Å². The van der Waals surface area contributed by atoms with E-state index in [0.29, 0.717) is 5.92 Å². The maximum absolute atomic E-state index is 13.5. The molecule has 3 aromatic rings. The second-order valence-corrected chi connectivity index (χ2v) is 5.76. The number of hydrogen-bond acceptors (Lipinski definition) is 4. The van der Waals surface area contributed by atoms with Crippen LogP contribution < -0.4 is 4.90 Å². The van der Waals surface area contributed by atoms with E-state index < -0.39 is 0 Å². The minimum absolute atomic E-state index is 0.255. The van der Waals surface area contributed by atoms with Crippen LogP contribution in [0.5, 0.6) is 0 Å². The number of aromatic nitrogens is 4. The van der Waals surface area contributed by atoms with Crippen LogP contribution in [0.25, 0.3) is 10.9 Å². The molecule has 1 aliphatic rings. The third kappa shape index (κ3) is 2.20. The number of aryl methyl sites for hydroxylation is 1. The van der Waals surface area contributed by atoms with E-state index in [9.17, 15) is 4.39 Å². The van der Waals surface area contributed by atoms with E-state index in [4.69, 9.17) is 0 Å². The van der Waals surface area contributed by atoms with Crippen molar-refractivity contribution >= 4 is 16.7 Å². The second-order valence-electron chi connectivity index (χ2n) is 5.76. The fourth-order valence-electron chi connectivity index (χ4n) is 3.00. The standard InChI is InChI=1S/C16H16FN5/c1-11-18-4-5-21(11)7-12-8-22(9-12)16-14-6-13(17)2-3-15(14)19-10-20-16/h2-6,10,12H,7-9H2,1H3. The predicted molar refractivity (Wildman–Crippen MR) is 82.2 cm³/mol. The van der Waals surface area contributed by atoms with Crippen LogP contribution >= 0.6 is 0 Å². The fraction of sp³-hybridized carbons (Fsp3) is 0.312. The van der Waals surface area contributed by atoms with Crippen molar-refractivity contribution in [3.63, 3.8) is 0 Å². The van der Waals surface area contributed by atoms with Gasteiger partial charge in [-0.15, -0.1) is 0 Å². The molecule has 6 heteroatoms. The summed E-state index contributed by atoms with van der Waals surface area (Å²) >= 11 is 0. The fourth-order valence-corrected chi connectivity index (χ4v) is 3.00. The quantitative estimate of drug-likeness (QED) is 0.745. The molecular formula is C16H16FN5. The molecule has 1 aliphatic heterocycles. The Morgan fingerprint density at radius 2 is 2.09 bits per heavy atom. The van der Waals surface area contributed by atoms with Gasteiger partial charge in [-0.1, -0.05) is 0 Å². The van der Waals surface area contributed by atoms with Crippen molar-refractivity contribution in [2.75, 3.05) is 18.0 Å². The van der Waals surface area contributed by atoms with Crippen molar-refractivity contribution in [3.8, 4) is 0 Å². The zero-order valence-electron chi connectivity index (χ0n) is 12.3. The highest BCUT2D eigenvalue weighted by Crippen LogP contribution is 2.30. The third-order valence-electron chi connectivity index (χ3n) is 4.21. The van der Waals surface area contributed by atoms with Crippen LogP contribution in [-0.2, 0) is 6.54 Å². The lowest BCUT2D eigenvalue weighted by Crippen LogP contribution is -2.49. The van der Waals surface area contributed by atoms with Crippen molar-refractivity contribution in [3.05, 3.63) is 48.6 Å². The first kappa shape index (κ1) is 13.2. The van der Waals surface area contributed by atoms with E-state index in [-0.39, 0.29) is 5.82 Å². The van der Waals surface area contributed by atoms with Crippen LogP contribution in [0.4, 0.5) is 10.2 Å². The van der Waals surface area contributed by atoms with E-state index in [1.807, 2.05) is 19.3 Å². The van der Waals surface area contributed by atoms with Gasteiger partial charge in [0.05, 0.1) is 5.52 Å². The van der Waals surface area contributed by atoms with Gasteiger partial charge in [0.25, 0.3) is 0 Å². The van der Waals surface area contributed by atoms with Gasteiger partial charge in [-0.2, -0.15) is 0 Å². The first-order chi connectivity index (χ1) is 10.7. The van der Waals surface area contributed by atoms with E-state index in [2.05, 4.69) is 24.4 Å². The van der Waals surface area contributed by atoms with Gasteiger partial charge in [0, 0.05) is 43.3 Å². The maximum Gasteiger partial charge on any atom is 0.140 e. The van der Waals surface area contributed by atoms with Gasteiger partial charge in [-0.25, -0.2) is 19.3 Å². The maximum atomic E-state index is 13.5. The summed E-state index contributed by atoms with van der Waals surface area (Å²) in [5.41, 5.74) is 0.778.